The van der Waals surface area contributed by atoms with Crippen molar-refractivity contribution in [3.63, 3.8) is 0 Å². The molecular weight excluding hydrogens is 280 g/mol. The van der Waals surface area contributed by atoms with Crippen LogP contribution in [0.3, 0.4) is 0 Å². The standard InChI is InChI=1S/C18H26O2S/c1-6-13-11(2)9-14(21-13)16(19)20-15-10-12-7-8-18(15,5)17(12,3)4/h9,12,15H,6-8,10H2,1-5H3. The number of hydrogen-bond acceptors (Lipinski definition) is 3. The number of esters is 1. The van der Waals surface area contributed by atoms with Crippen molar-refractivity contribution < 1.29 is 9.53 Å². The fourth-order valence-electron chi connectivity index (χ4n) is 4.47. The Morgan fingerprint density at radius 2 is 2.14 bits per heavy atom. The second-order valence-corrected chi connectivity index (χ2v) is 8.71. The molecule has 2 nitrogen and oxygen atoms in total. The lowest BCUT2D eigenvalue weighted by atomic mass is 9.70. The molecule has 0 amide bonds. The lowest BCUT2D eigenvalue weighted by Gasteiger charge is -2.38. The van der Waals surface area contributed by atoms with E-state index in [1.54, 1.807) is 11.3 Å². The molecule has 0 aromatic carbocycles. The van der Waals surface area contributed by atoms with Crippen LogP contribution in [0.15, 0.2) is 6.07 Å². The van der Waals surface area contributed by atoms with E-state index >= 15 is 0 Å². The fraction of sp³-hybridized carbons (Fsp3) is 0.722. The predicted molar refractivity (Wildman–Crippen MR) is 86.9 cm³/mol. The third-order valence-corrected chi connectivity index (χ3v) is 7.87. The number of hydrogen-bond donors (Lipinski definition) is 0. The van der Waals surface area contributed by atoms with Gasteiger partial charge >= 0.3 is 5.97 Å². The number of ether oxygens (including phenoxy) is 1. The third kappa shape index (κ3) is 2.08. The molecule has 1 heterocycles. The molecule has 0 saturated heterocycles. The van der Waals surface area contributed by atoms with Gasteiger partial charge in [-0.3, -0.25) is 0 Å². The SMILES string of the molecule is CCc1sc(C(=O)OC2CC3CCC2(C)C3(C)C)cc1C. The Balaban J connectivity index is 1.77. The van der Waals surface area contributed by atoms with Crippen molar-refractivity contribution in [2.75, 3.05) is 0 Å². The largest absolute Gasteiger partial charge is 0.458 e. The Morgan fingerprint density at radius 1 is 1.43 bits per heavy atom. The van der Waals surface area contributed by atoms with Crippen molar-refractivity contribution in [1.82, 2.24) is 0 Å². The second kappa shape index (κ2) is 4.84. The minimum atomic E-state index is -0.114. The minimum Gasteiger partial charge on any atom is -0.458 e. The molecule has 1 aromatic heterocycles. The first-order valence-corrected chi connectivity index (χ1v) is 8.91. The van der Waals surface area contributed by atoms with E-state index in [1.807, 2.05) is 6.07 Å². The van der Waals surface area contributed by atoms with Gasteiger partial charge in [-0.15, -0.1) is 11.3 Å². The Labute approximate surface area is 131 Å². The Hall–Kier alpha value is -0.830. The summed E-state index contributed by atoms with van der Waals surface area (Å²) in [5.41, 5.74) is 1.65. The van der Waals surface area contributed by atoms with Crippen LogP contribution >= 0.6 is 11.3 Å². The molecule has 3 heteroatoms. The highest BCUT2D eigenvalue weighted by atomic mass is 32.1. The molecule has 2 fully saturated rings. The van der Waals surface area contributed by atoms with Gasteiger partial charge in [0.2, 0.25) is 0 Å². The molecule has 2 bridgehead atoms. The Bertz CT molecular complexity index is 572. The fourth-order valence-corrected chi connectivity index (χ4v) is 5.46. The van der Waals surface area contributed by atoms with Gasteiger partial charge in [0, 0.05) is 10.3 Å². The van der Waals surface area contributed by atoms with Gasteiger partial charge in [0.1, 0.15) is 11.0 Å². The van der Waals surface area contributed by atoms with Gasteiger partial charge in [0.05, 0.1) is 0 Å². The lowest BCUT2D eigenvalue weighted by Crippen LogP contribution is -2.38. The van der Waals surface area contributed by atoms with E-state index in [4.69, 9.17) is 4.74 Å². The van der Waals surface area contributed by atoms with Crippen LogP contribution in [0.25, 0.3) is 0 Å². The van der Waals surface area contributed by atoms with Crippen molar-refractivity contribution in [2.24, 2.45) is 16.7 Å². The average molecular weight is 306 g/mol. The normalized spacial score (nSPS) is 33.4. The summed E-state index contributed by atoms with van der Waals surface area (Å²) >= 11 is 1.60. The first-order valence-electron chi connectivity index (χ1n) is 8.10. The maximum absolute atomic E-state index is 12.5. The highest BCUT2D eigenvalue weighted by Gasteiger charge is 2.62. The van der Waals surface area contributed by atoms with Crippen LogP contribution in [0.2, 0.25) is 0 Å². The number of fused-ring (bicyclic) bond motifs is 2. The highest BCUT2D eigenvalue weighted by molar-refractivity contribution is 7.14. The molecule has 3 rings (SSSR count). The van der Waals surface area contributed by atoms with Crippen LogP contribution in [0.5, 0.6) is 0 Å². The molecule has 0 spiro atoms. The smallest absolute Gasteiger partial charge is 0.348 e. The molecule has 1 aromatic rings. The first kappa shape index (κ1) is 15.1. The summed E-state index contributed by atoms with van der Waals surface area (Å²) in [6, 6.07) is 1.99. The van der Waals surface area contributed by atoms with E-state index in [-0.39, 0.29) is 22.9 Å². The summed E-state index contributed by atoms with van der Waals surface area (Å²) in [7, 11) is 0. The van der Waals surface area contributed by atoms with Gasteiger partial charge in [-0.2, -0.15) is 0 Å². The summed E-state index contributed by atoms with van der Waals surface area (Å²) in [6.07, 6.45) is 4.59. The molecule has 0 aliphatic heterocycles. The molecule has 0 N–H and O–H groups in total. The quantitative estimate of drug-likeness (QED) is 0.735. The maximum atomic E-state index is 12.5. The van der Waals surface area contributed by atoms with Gasteiger partial charge in [-0.05, 0) is 55.6 Å². The van der Waals surface area contributed by atoms with E-state index < -0.39 is 0 Å². The Kier molecular flexibility index (Phi) is 3.47. The molecule has 3 atom stereocenters. The molecule has 2 aliphatic carbocycles. The number of carbonyl (C=O) groups is 1. The average Bonchev–Trinajstić information content (AvgIpc) is 2.96. The van der Waals surface area contributed by atoms with Gasteiger partial charge in [0.25, 0.3) is 0 Å². The van der Waals surface area contributed by atoms with E-state index in [2.05, 4.69) is 34.6 Å². The highest BCUT2D eigenvalue weighted by Crippen LogP contribution is 2.66. The first-order chi connectivity index (χ1) is 9.79. The zero-order valence-electron chi connectivity index (χ0n) is 13.8. The molecule has 21 heavy (non-hydrogen) atoms. The van der Waals surface area contributed by atoms with Crippen LogP contribution in [-0.4, -0.2) is 12.1 Å². The van der Waals surface area contributed by atoms with Crippen LogP contribution in [0, 0.1) is 23.7 Å². The summed E-state index contributed by atoms with van der Waals surface area (Å²) in [5.74, 6) is 0.592. The molecular formula is C18H26O2S. The molecule has 0 radical (unpaired) electrons. The zero-order valence-corrected chi connectivity index (χ0v) is 14.6. The summed E-state index contributed by atoms with van der Waals surface area (Å²) in [6.45, 7) is 11.2. The molecule has 116 valence electrons. The minimum absolute atomic E-state index is 0.0891. The van der Waals surface area contributed by atoms with Crippen LogP contribution in [-0.2, 0) is 11.2 Å². The van der Waals surface area contributed by atoms with E-state index in [9.17, 15) is 4.79 Å². The zero-order chi connectivity index (χ0) is 15.4. The summed E-state index contributed by atoms with van der Waals surface area (Å²) in [5, 5.41) is 0. The van der Waals surface area contributed by atoms with Crippen LogP contribution < -0.4 is 0 Å². The Morgan fingerprint density at radius 3 is 2.62 bits per heavy atom. The van der Waals surface area contributed by atoms with Crippen molar-refractivity contribution >= 4 is 17.3 Å². The third-order valence-electron chi connectivity index (χ3n) is 6.51. The van der Waals surface area contributed by atoms with E-state index in [0.717, 1.165) is 17.7 Å². The van der Waals surface area contributed by atoms with E-state index in [0.29, 0.717) is 5.92 Å². The number of thiophene rings is 1. The maximum Gasteiger partial charge on any atom is 0.348 e. The molecule has 2 aliphatic rings. The van der Waals surface area contributed by atoms with Gasteiger partial charge < -0.3 is 4.74 Å². The van der Waals surface area contributed by atoms with Crippen LogP contribution in [0.4, 0.5) is 0 Å². The van der Waals surface area contributed by atoms with Crippen molar-refractivity contribution in [2.45, 2.75) is 66.4 Å². The second-order valence-electron chi connectivity index (χ2n) is 7.57. The summed E-state index contributed by atoms with van der Waals surface area (Å²) < 4.78 is 5.95. The summed E-state index contributed by atoms with van der Waals surface area (Å²) in [4.78, 5) is 14.6. The van der Waals surface area contributed by atoms with Gasteiger partial charge in [-0.25, -0.2) is 4.79 Å². The van der Waals surface area contributed by atoms with Crippen molar-refractivity contribution in [1.29, 1.82) is 0 Å². The van der Waals surface area contributed by atoms with Crippen molar-refractivity contribution in [3.8, 4) is 0 Å². The van der Waals surface area contributed by atoms with Gasteiger partial charge in [-0.1, -0.05) is 27.7 Å². The lowest BCUT2D eigenvalue weighted by molar-refractivity contribution is -0.0238. The van der Waals surface area contributed by atoms with Crippen molar-refractivity contribution in [3.05, 3.63) is 21.4 Å². The number of carbonyl (C=O) groups excluding carboxylic acids is 1. The topological polar surface area (TPSA) is 26.3 Å². The van der Waals surface area contributed by atoms with Gasteiger partial charge in [0.15, 0.2) is 0 Å². The molecule has 2 saturated carbocycles. The molecule has 3 unspecified atom stereocenters. The predicted octanol–water partition coefficient (Wildman–Crippen LogP) is 4.99. The van der Waals surface area contributed by atoms with E-state index in [1.165, 1.54) is 23.3 Å². The monoisotopic (exact) mass is 306 g/mol. The number of aryl methyl sites for hydroxylation is 2. The van der Waals surface area contributed by atoms with Crippen LogP contribution in [0.1, 0.15) is 67.1 Å². The number of rotatable bonds is 3.